The average Bonchev–Trinajstić information content (AvgIpc) is 3.04. The number of carbonyl (C=O) groups is 1. The Morgan fingerprint density at radius 3 is 2.48 bits per heavy atom. The summed E-state index contributed by atoms with van der Waals surface area (Å²) in [6.07, 6.45) is 7.09. The van der Waals surface area contributed by atoms with Crippen LogP contribution in [0.2, 0.25) is 0 Å². The molecule has 1 aliphatic rings. The van der Waals surface area contributed by atoms with Crippen LogP contribution in [0.3, 0.4) is 0 Å². The number of β-amino-alcohol motifs (C(OH)–C–C–N with tert-alkyl or cyclic N) is 1. The van der Waals surface area contributed by atoms with E-state index >= 15 is 0 Å². The van der Waals surface area contributed by atoms with Gasteiger partial charge in [0.1, 0.15) is 0 Å². The maximum atomic E-state index is 13.2. The van der Waals surface area contributed by atoms with Crippen LogP contribution in [0.15, 0.2) is 91.3 Å². The fourth-order valence-corrected chi connectivity index (χ4v) is 6.49. The third-order valence-corrected chi connectivity index (χ3v) is 9.01. The normalized spacial score (nSPS) is 17.9. The number of hydrogen-bond donors (Lipinski definition) is 3. The van der Waals surface area contributed by atoms with Crippen LogP contribution in [-0.2, 0) is 40.3 Å². The first kappa shape index (κ1) is 37.4. The van der Waals surface area contributed by atoms with Crippen LogP contribution in [0.4, 0.5) is 0 Å². The molecular formula is C36H44N5O3SV-. The minimum absolute atomic E-state index is 0. The predicted octanol–water partition coefficient (Wildman–Crippen LogP) is 4.68. The van der Waals surface area contributed by atoms with Crippen molar-refractivity contribution in [3.05, 3.63) is 108 Å². The number of nitrogens with zero attached hydrogens (tertiary/aromatic N) is 3. The van der Waals surface area contributed by atoms with E-state index in [9.17, 15) is 14.7 Å². The number of pyridine rings is 2. The molecule has 4 N–H and O–H groups in total. The van der Waals surface area contributed by atoms with E-state index in [1.54, 1.807) is 18.5 Å². The predicted molar refractivity (Wildman–Crippen MR) is 182 cm³/mol. The Hall–Kier alpha value is -3.05. The Morgan fingerprint density at radius 2 is 1.78 bits per heavy atom. The molecule has 4 unspecified atom stereocenters. The molecule has 2 aromatic carbocycles. The summed E-state index contributed by atoms with van der Waals surface area (Å²) in [5.41, 5.74) is 9.53. The second-order valence-corrected chi connectivity index (χ2v) is 13.8. The number of aliphatic hydroxyl groups is 1. The van der Waals surface area contributed by atoms with Crippen molar-refractivity contribution in [2.75, 3.05) is 13.1 Å². The molecule has 0 saturated carbocycles. The molecular weight excluding hydrogens is 633 g/mol. The molecule has 0 spiro atoms. The largest absolute Gasteiger partial charge is 0.417 e. The molecule has 1 amide bonds. The molecule has 8 nitrogen and oxygen atoms in total. The number of thioether (sulfide) groups is 1. The van der Waals surface area contributed by atoms with Gasteiger partial charge in [-0.25, -0.2) is 0 Å². The second kappa shape index (κ2) is 18.3. The summed E-state index contributed by atoms with van der Waals surface area (Å²) >= 11 is 1.88. The van der Waals surface area contributed by atoms with Crippen molar-refractivity contribution < 1.29 is 33.3 Å². The van der Waals surface area contributed by atoms with Crippen LogP contribution < -0.4 is 11.1 Å². The van der Waals surface area contributed by atoms with Crippen molar-refractivity contribution in [1.29, 1.82) is 0 Å². The summed E-state index contributed by atoms with van der Waals surface area (Å²) < 4.78 is 0. The van der Waals surface area contributed by atoms with E-state index in [-0.39, 0.29) is 42.1 Å². The number of amides is 1. The van der Waals surface area contributed by atoms with Crippen molar-refractivity contribution in [3.63, 3.8) is 0 Å². The number of aromatic nitrogens is 2. The van der Waals surface area contributed by atoms with Gasteiger partial charge >= 0.3 is 0 Å². The standard InChI is InChI=1S/C26H38N4O2S.C10H6NO.V/c1-26(2,3)29-25(32)23-15-21(33-18-20-10-7-12-28-16-20)11-13-30(23)17-24(31)22(27)14-19-8-5-4-6-9-19;12-7-9-6-5-8-3-1-2-4-10(8)11-9;/h4-10,12,16,21-24,31H,11,13-15,17-18,27H2,1-3H3,(H,29,32);1-6H;/q;-1;. The molecule has 46 heavy (non-hydrogen) atoms. The van der Waals surface area contributed by atoms with Gasteiger partial charge < -0.3 is 21.0 Å². The van der Waals surface area contributed by atoms with Crippen LogP contribution >= 0.6 is 11.8 Å². The molecule has 0 bridgehead atoms. The van der Waals surface area contributed by atoms with Crippen molar-refractivity contribution in [2.45, 2.75) is 74.8 Å². The number of carbonyl (C=O) groups excluding carboxylic acids is 2. The summed E-state index contributed by atoms with van der Waals surface area (Å²) in [5.74, 6) is 0.912. The fraction of sp³-hybridized carbons (Fsp3) is 0.389. The third-order valence-electron chi connectivity index (χ3n) is 7.61. The van der Waals surface area contributed by atoms with E-state index in [0.29, 0.717) is 23.9 Å². The van der Waals surface area contributed by atoms with Gasteiger partial charge in [-0.2, -0.15) is 17.8 Å². The quantitative estimate of drug-likeness (QED) is 0.207. The van der Waals surface area contributed by atoms with E-state index in [0.717, 1.165) is 41.6 Å². The number of likely N-dealkylation sites (tertiary alicyclic amines) is 1. The Bertz CT molecular complexity index is 1510. The smallest absolute Gasteiger partial charge is 0.237 e. The number of nitrogens with two attached hydrogens (primary N) is 1. The van der Waals surface area contributed by atoms with Gasteiger partial charge in [0.05, 0.1) is 17.7 Å². The first-order valence-corrected chi connectivity index (χ1v) is 16.4. The van der Waals surface area contributed by atoms with Gasteiger partial charge in [0.25, 0.3) is 0 Å². The molecule has 5 rings (SSSR count). The minimum atomic E-state index is -0.699. The number of aliphatic hydroxyl groups excluding tert-OH is 1. The van der Waals surface area contributed by atoms with Gasteiger partial charge in [0.15, 0.2) is 0 Å². The summed E-state index contributed by atoms with van der Waals surface area (Å²) in [6, 6.07) is 24.6. The first-order chi connectivity index (χ1) is 21.6. The SMILES string of the molecule is CC(C)(C)NC(=O)C1CC(SCc2cccnc2)CCN1CC(O)C(N)Cc1ccccc1.O=[C-]c1ccc2ccccc2n1.[V]. The molecule has 0 aliphatic carbocycles. The number of rotatable bonds is 10. The summed E-state index contributed by atoms with van der Waals surface area (Å²) in [6.45, 7) is 7.16. The number of benzene rings is 2. The molecule has 1 fully saturated rings. The van der Waals surface area contributed by atoms with Crippen LogP contribution in [-0.4, -0.2) is 74.2 Å². The molecule has 4 atom stereocenters. The van der Waals surface area contributed by atoms with Crippen LogP contribution in [0.1, 0.15) is 50.4 Å². The van der Waals surface area contributed by atoms with Crippen molar-refractivity contribution in [3.8, 4) is 0 Å². The van der Waals surface area contributed by atoms with E-state index in [2.05, 4.69) is 26.3 Å². The zero-order chi connectivity index (χ0) is 32.2. The van der Waals surface area contributed by atoms with E-state index in [1.165, 1.54) is 5.56 Å². The fourth-order valence-electron chi connectivity index (χ4n) is 5.30. The Morgan fingerprint density at radius 1 is 1.07 bits per heavy atom. The molecule has 1 aliphatic heterocycles. The number of hydrogen-bond acceptors (Lipinski definition) is 8. The minimum Gasteiger partial charge on any atom is -0.417 e. The Kier molecular flexibility index (Phi) is 14.9. The summed E-state index contributed by atoms with van der Waals surface area (Å²) in [4.78, 5) is 33.9. The third kappa shape index (κ3) is 12.0. The van der Waals surface area contributed by atoms with Crippen LogP contribution in [0.5, 0.6) is 0 Å². The molecule has 1 saturated heterocycles. The average molecular weight is 678 g/mol. The van der Waals surface area contributed by atoms with Gasteiger partial charge in [0.2, 0.25) is 5.91 Å². The second-order valence-electron chi connectivity index (χ2n) is 12.5. The van der Waals surface area contributed by atoms with Crippen molar-refractivity contribution >= 4 is 34.9 Å². The molecule has 3 heterocycles. The van der Waals surface area contributed by atoms with Crippen molar-refractivity contribution in [1.82, 2.24) is 20.2 Å². The Balaban J connectivity index is 0.000000369. The van der Waals surface area contributed by atoms with E-state index < -0.39 is 6.10 Å². The van der Waals surface area contributed by atoms with Crippen LogP contribution in [0.25, 0.3) is 10.9 Å². The number of nitrogens with one attached hydrogen (secondary N) is 1. The maximum Gasteiger partial charge on any atom is 0.237 e. The zero-order valence-corrected chi connectivity index (χ0v) is 29.0. The van der Waals surface area contributed by atoms with Gasteiger partial charge in [0, 0.05) is 72.9 Å². The van der Waals surface area contributed by atoms with Gasteiger partial charge in [-0.15, -0.1) is 6.07 Å². The van der Waals surface area contributed by atoms with E-state index in [1.807, 2.05) is 105 Å². The summed E-state index contributed by atoms with van der Waals surface area (Å²) in [7, 11) is 0. The molecule has 4 aromatic rings. The van der Waals surface area contributed by atoms with Gasteiger partial charge in [-0.3, -0.25) is 19.7 Å². The number of piperidine rings is 1. The summed E-state index contributed by atoms with van der Waals surface area (Å²) in [5, 5.41) is 15.4. The molecule has 2 aromatic heterocycles. The molecule has 10 heteroatoms. The zero-order valence-electron chi connectivity index (χ0n) is 26.8. The molecule has 243 valence electrons. The first-order valence-electron chi connectivity index (χ1n) is 15.4. The van der Waals surface area contributed by atoms with Gasteiger partial charge in [-0.05, 0) is 68.7 Å². The number of fused-ring (bicyclic) bond motifs is 1. The Labute approximate surface area is 288 Å². The van der Waals surface area contributed by atoms with Crippen molar-refractivity contribution in [2.24, 2.45) is 5.73 Å². The van der Waals surface area contributed by atoms with Gasteiger partial charge in [-0.1, -0.05) is 60.3 Å². The topological polar surface area (TPSA) is 121 Å². The molecule has 1 radical (unpaired) electrons. The number of para-hydroxylation sites is 1. The maximum absolute atomic E-state index is 13.2. The monoisotopic (exact) mass is 677 g/mol. The van der Waals surface area contributed by atoms with E-state index in [4.69, 9.17) is 5.73 Å². The van der Waals surface area contributed by atoms with Crippen LogP contribution in [0, 0.1) is 0 Å².